The van der Waals surface area contributed by atoms with Gasteiger partial charge < -0.3 is 4.74 Å². The molecule has 37 heavy (non-hydrogen) atoms. The summed E-state index contributed by atoms with van der Waals surface area (Å²) in [5.74, 6) is -0.382. The number of hydrogen-bond donors (Lipinski definition) is 0. The molecule has 2 fully saturated rings. The van der Waals surface area contributed by atoms with Crippen LogP contribution in [-0.2, 0) is 0 Å². The van der Waals surface area contributed by atoms with Crippen molar-refractivity contribution in [3.8, 4) is 16.9 Å². The van der Waals surface area contributed by atoms with Gasteiger partial charge in [-0.25, -0.2) is 13.2 Å². The van der Waals surface area contributed by atoms with Gasteiger partial charge >= 0.3 is 6.61 Å². The zero-order valence-electron chi connectivity index (χ0n) is 21.5. The number of benzene rings is 2. The van der Waals surface area contributed by atoms with Crippen LogP contribution in [0.4, 0.5) is 26.3 Å². The molecule has 0 radical (unpaired) electrons. The molecule has 0 N–H and O–H groups in total. The Labute approximate surface area is 216 Å². The zero-order chi connectivity index (χ0) is 26.8. The Morgan fingerprint density at radius 2 is 1.22 bits per heavy atom. The lowest BCUT2D eigenvalue weighted by Gasteiger charge is -2.37. The predicted molar refractivity (Wildman–Crippen MR) is 135 cm³/mol. The molecule has 0 bridgehead atoms. The Morgan fingerprint density at radius 1 is 0.730 bits per heavy atom. The largest absolute Gasteiger partial charge is 0.429 e. The molecule has 2 aliphatic carbocycles. The maximum absolute atomic E-state index is 13.5. The fourth-order valence-corrected chi connectivity index (χ4v) is 6.03. The van der Waals surface area contributed by atoms with Gasteiger partial charge in [-0.1, -0.05) is 57.6 Å². The molecule has 0 unspecified atom stereocenters. The summed E-state index contributed by atoms with van der Waals surface area (Å²) in [7, 11) is 0. The van der Waals surface area contributed by atoms with Crippen LogP contribution < -0.4 is 4.74 Å². The summed E-state index contributed by atoms with van der Waals surface area (Å²) in [4.78, 5) is 0. The maximum Gasteiger partial charge on any atom is 0.387 e. The van der Waals surface area contributed by atoms with E-state index in [9.17, 15) is 26.3 Å². The van der Waals surface area contributed by atoms with Gasteiger partial charge in [0.05, 0.1) is 6.67 Å². The normalized spacial score (nSPS) is 23.9. The standard InChI is InChI=1S/C17H31F.C13H7F5O/c1-2-3-14-4-8-16(9-5-14)17-10-6-15(7-11-17)12-13-18;14-9-3-1-7(2-4-9)8-5-10(15)12(11(16)6-8)19-13(17)18/h14-17H,2-13H2,1H3;1-6,13H. The Kier molecular flexibility index (Phi) is 11.7. The third-order valence-electron chi connectivity index (χ3n) is 8.05. The molecule has 2 aromatic rings. The van der Waals surface area contributed by atoms with Crippen molar-refractivity contribution in [3.05, 3.63) is 53.8 Å². The van der Waals surface area contributed by atoms with Crippen molar-refractivity contribution in [2.45, 2.75) is 84.2 Å². The average molecular weight is 529 g/mol. The van der Waals surface area contributed by atoms with Crippen molar-refractivity contribution in [1.29, 1.82) is 0 Å². The number of ether oxygens (including phenoxy) is 1. The second-order valence-electron chi connectivity index (χ2n) is 10.5. The summed E-state index contributed by atoms with van der Waals surface area (Å²) in [6.07, 6.45) is 15.0. The SMILES string of the molecule is CCCC1CCC(C2CCC(CCF)CC2)CC1.Fc1ccc(-c2cc(F)c(OC(F)F)c(F)c2)cc1. The molecule has 0 heterocycles. The number of alkyl halides is 3. The minimum absolute atomic E-state index is 0.0941. The van der Waals surface area contributed by atoms with E-state index in [1.54, 1.807) is 0 Å². The van der Waals surface area contributed by atoms with E-state index in [2.05, 4.69) is 11.7 Å². The van der Waals surface area contributed by atoms with Crippen molar-refractivity contribution < 1.29 is 31.1 Å². The van der Waals surface area contributed by atoms with E-state index in [4.69, 9.17) is 0 Å². The summed E-state index contributed by atoms with van der Waals surface area (Å²) in [5, 5.41) is 0. The topological polar surface area (TPSA) is 9.23 Å². The van der Waals surface area contributed by atoms with E-state index in [0.717, 1.165) is 48.4 Å². The van der Waals surface area contributed by atoms with Gasteiger partial charge in [-0.15, -0.1) is 0 Å². The van der Waals surface area contributed by atoms with E-state index in [1.165, 1.54) is 76.3 Å². The smallest absolute Gasteiger partial charge is 0.387 e. The van der Waals surface area contributed by atoms with Gasteiger partial charge in [0.2, 0.25) is 0 Å². The molecule has 1 nitrogen and oxygen atoms in total. The van der Waals surface area contributed by atoms with Crippen LogP contribution in [0.3, 0.4) is 0 Å². The van der Waals surface area contributed by atoms with Crippen molar-refractivity contribution >= 4 is 0 Å². The van der Waals surface area contributed by atoms with E-state index in [1.807, 2.05) is 0 Å². The summed E-state index contributed by atoms with van der Waals surface area (Å²) >= 11 is 0. The van der Waals surface area contributed by atoms with Crippen LogP contribution in [0.1, 0.15) is 77.6 Å². The van der Waals surface area contributed by atoms with Crippen molar-refractivity contribution in [2.24, 2.45) is 23.7 Å². The zero-order valence-corrected chi connectivity index (χ0v) is 21.5. The van der Waals surface area contributed by atoms with Gasteiger partial charge in [0, 0.05) is 0 Å². The Bertz CT molecular complexity index is 885. The molecular formula is C30H38F6O. The van der Waals surface area contributed by atoms with E-state index in [-0.39, 0.29) is 12.2 Å². The molecule has 0 amide bonds. The van der Waals surface area contributed by atoms with Crippen molar-refractivity contribution in [3.63, 3.8) is 0 Å². The van der Waals surface area contributed by atoms with Crippen molar-refractivity contribution in [2.75, 3.05) is 6.67 Å². The molecule has 0 atom stereocenters. The molecule has 2 aromatic carbocycles. The summed E-state index contributed by atoms with van der Waals surface area (Å²) in [5.41, 5.74) is 0.444. The first-order chi connectivity index (χ1) is 17.8. The lowest BCUT2D eigenvalue weighted by atomic mass is 9.68. The van der Waals surface area contributed by atoms with Crippen LogP contribution in [0.5, 0.6) is 5.75 Å². The van der Waals surface area contributed by atoms with Gasteiger partial charge in [-0.2, -0.15) is 8.78 Å². The molecule has 0 saturated heterocycles. The molecule has 2 aliphatic rings. The fourth-order valence-electron chi connectivity index (χ4n) is 6.03. The van der Waals surface area contributed by atoms with Crippen LogP contribution in [0, 0.1) is 41.1 Å². The van der Waals surface area contributed by atoms with Gasteiger partial charge in [0.25, 0.3) is 0 Å². The second-order valence-corrected chi connectivity index (χ2v) is 10.5. The maximum atomic E-state index is 13.5. The number of halogens is 6. The minimum Gasteiger partial charge on any atom is -0.429 e. The second kappa shape index (κ2) is 14.7. The average Bonchev–Trinajstić information content (AvgIpc) is 2.88. The lowest BCUT2D eigenvalue weighted by Crippen LogP contribution is -2.26. The highest BCUT2D eigenvalue weighted by Crippen LogP contribution is 2.42. The summed E-state index contributed by atoms with van der Waals surface area (Å²) in [6, 6.07) is 6.56. The number of hydrogen-bond acceptors (Lipinski definition) is 1. The third-order valence-corrected chi connectivity index (χ3v) is 8.05. The molecule has 4 rings (SSSR count). The monoisotopic (exact) mass is 528 g/mol. The van der Waals surface area contributed by atoms with Gasteiger partial charge in [-0.05, 0) is 91.2 Å². The predicted octanol–water partition coefficient (Wildman–Crippen LogP) is 10.1. The fraction of sp³-hybridized carbons (Fsp3) is 0.600. The summed E-state index contributed by atoms with van der Waals surface area (Å²) < 4.78 is 79.6. The van der Waals surface area contributed by atoms with E-state index < -0.39 is 29.8 Å². The molecule has 0 spiro atoms. The lowest BCUT2D eigenvalue weighted by molar-refractivity contribution is -0.0546. The van der Waals surface area contributed by atoms with Gasteiger partial charge in [0.1, 0.15) is 5.82 Å². The molecule has 7 heteroatoms. The van der Waals surface area contributed by atoms with Crippen LogP contribution in [-0.4, -0.2) is 13.3 Å². The molecule has 0 aliphatic heterocycles. The molecule has 206 valence electrons. The molecule has 2 saturated carbocycles. The van der Waals surface area contributed by atoms with Crippen LogP contribution >= 0.6 is 0 Å². The molecular weight excluding hydrogens is 490 g/mol. The number of rotatable bonds is 8. The van der Waals surface area contributed by atoms with Crippen LogP contribution in [0.2, 0.25) is 0 Å². The summed E-state index contributed by atoms with van der Waals surface area (Å²) in [6.45, 7) is -1.10. The third kappa shape index (κ3) is 8.96. The Balaban J connectivity index is 0.000000206. The van der Waals surface area contributed by atoms with Crippen LogP contribution in [0.25, 0.3) is 11.1 Å². The highest BCUT2D eigenvalue weighted by atomic mass is 19.3. The highest BCUT2D eigenvalue weighted by molar-refractivity contribution is 5.64. The first-order valence-corrected chi connectivity index (χ1v) is 13.6. The van der Waals surface area contributed by atoms with Crippen molar-refractivity contribution in [1.82, 2.24) is 0 Å². The van der Waals surface area contributed by atoms with Gasteiger partial charge in [-0.3, -0.25) is 4.39 Å². The molecule has 0 aromatic heterocycles. The van der Waals surface area contributed by atoms with E-state index >= 15 is 0 Å². The quantitative estimate of drug-likeness (QED) is 0.310. The minimum atomic E-state index is -3.32. The van der Waals surface area contributed by atoms with Gasteiger partial charge in [0.15, 0.2) is 17.4 Å². The van der Waals surface area contributed by atoms with E-state index in [0.29, 0.717) is 11.5 Å². The Morgan fingerprint density at radius 3 is 1.65 bits per heavy atom. The van der Waals surface area contributed by atoms with Crippen LogP contribution in [0.15, 0.2) is 36.4 Å². The first kappa shape index (κ1) is 29.4. The first-order valence-electron chi connectivity index (χ1n) is 13.6. The highest BCUT2D eigenvalue weighted by Gasteiger charge is 2.30. The Hall–Kier alpha value is -2.18.